The van der Waals surface area contributed by atoms with Crippen LogP contribution in [0.4, 0.5) is 0 Å². The van der Waals surface area contributed by atoms with Crippen LogP contribution in [-0.2, 0) is 33.2 Å². The van der Waals surface area contributed by atoms with Crippen molar-refractivity contribution in [1.82, 2.24) is 0 Å². The van der Waals surface area contributed by atoms with Crippen LogP contribution in [0.15, 0.2) is 0 Å². The summed E-state index contributed by atoms with van der Waals surface area (Å²) in [6, 6.07) is 0. The summed E-state index contributed by atoms with van der Waals surface area (Å²) in [6.07, 6.45) is -34.8. The minimum Gasteiger partial charge on any atom is -0.394 e. The van der Waals surface area contributed by atoms with E-state index in [-0.39, 0.29) is 0 Å². The summed E-state index contributed by atoms with van der Waals surface area (Å²) < 4.78 is 37.7. The van der Waals surface area contributed by atoms with Gasteiger partial charge in [-0.05, 0) is 0 Å². The Labute approximate surface area is 254 Å². The van der Waals surface area contributed by atoms with Crippen molar-refractivity contribution >= 4 is 0 Å². The summed E-state index contributed by atoms with van der Waals surface area (Å²) >= 11 is 0. The zero-order valence-electron chi connectivity index (χ0n) is 23.5. The molecule has 4 fully saturated rings. The van der Waals surface area contributed by atoms with Crippen molar-refractivity contribution in [2.24, 2.45) is 0 Å². The van der Waals surface area contributed by atoms with Gasteiger partial charge in [0.25, 0.3) is 0 Å². The van der Waals surface area contributed by atoms with E-state index < -0.39 is 149 Å². The van der Waals surface area contributed by atoms with Crippen molar-refractivity contribution in [1.29, 1.82) is 0 Å². The molecule has 0 aromatic heterocycles. The zero-order valence-corrected chi connectivity index (χ0v) is 23.5. The topological polar surface area (TPSA) is 348 Å². The van der Waals surface area contributed by atoms with Gasteiger partial charge in [0.15, 0.2) is 25.2 Å². The second-order valence-electron chi connectivity index (χ2n) is 11.2. The van der Waals surface area contributed by atoms with E-state index in [1.54, 1.807) is 0 Å². The molecule has 264 valence electrons. The van der Waals surface area contributed by atoms with Crippen LogP contribution in [0, 0.1) is 0 Å². The van der Waals surface area contributed by atoms with Gasteiger partial charge in [-0.15, -0.1) is 0 Å². The number of aliphatic hydroxyl groups excluding tert-OH is 14. The quantitative estimate of drug-likeness (QED) is 0.103. The van der Waals surface area contributed by atoms with Gasteiger partial charge in [-0.1, -0.05) is 0 Å². The van der Waals surface area contributed by atoms with Gasteiger partial charge in [0.05, 0.1) is 26.4 Å². The van der Waals surface area contributed by atoms with Gasteiger partial charge in [0.1, 0.15) is 97.7 Å². The Morgan fingerprint density at radius 2 is 0.778 bits per heavy atom. The molecule has 0 bridgehead atoms. The lowest BCUT2D eigenvalue weighted by Gasteiger charge is -2.46. The Bertz CT molecular complexity index is 916. The first-order chi connectivity index (χ1) is 21.2. The normalized spacial score (nSPS) is 52.9. The SMILES string of the molecule is OC[C@H]1O[C@@H](OC[C@H]2O[C@@H](OC[C@H]3O[C@@H](O)[C@H](O)[C@@H](O)[C@H]3O)[C@H](O)[C@@H](O)[C@H]2O)[C@H](O[C@H]2O[C@H](CO)[C@@H](O)[C@H](O)[C@H]2O)[C@@H](O)[C@H]1O. The van der Waals surface area contributed by atoms with E-state index in [0.29, 0.717) is 0 Å². The fourth-order valence-electron chi connectivity index (χ4n) is 5.31. The molecule has 4 aliphatic rings. The van der Waals surface area contributed by atoms with E-state index >= 15 is 0 Å². The molecule has 45 heavy (non-hydrogen) atoms. The smallest absolute Gasteiger partial charge is 0.187 e. The standard InChI is InChI=1S/C24H42O21/c25-1-5-9(27)14(32)19(37)23(42-5)45-20-16(34)10(28)6(2-26)43-24(20)40-4-8-12(30)15(33)18(36)22(44-8)39-3-7-11(29)13(31)17(35)21(38)41-7/h5-38H,1-4H2/t5-,6-,7-,8-,9-,10+,11+,12+,13+,14+,15+,16+,17-,18-,19-,20-,21-,22-,23-,24-/m1/s1. The molecule has 0 aromatic rings. The van der Waals surface area contributed by atoms with Gasteiger partial charge < -0.3 is 105 Å². The first kappa shape index (κ1) is 37.0. The fourth-order valence-corrected chi connectivity index (χ4v) is 5.31. The van der Waals surface area contributed by atoms with Crippen molar-refractivity contribution < 1.29 is 105 Å². The number of aliphatic hydroxyl groups is 14. The molecule has 4 saturated heterocycles. The maximum absolute atomic E-state index is 10.7. The molecule has 0 radical (unpaired) electrons. The summed E-state index contributed by atoms with van der Waals surface area (Å²) in [5.74, 6) is 0. The number of ether oxygens (including phenoxy) is 7. The van der Waals surface area contributed by atoms with Crippen molar-refractivity contribution in [3.8, 4) is 0 Å². The van der Waals surface area contributed by atoms with E-state index in [2.05, 4.69) is 0 Å². The lowest BCUT2D eigenvalue weighted by molar-refractivity contribution is -0.373. The molecular formula is C24H42O21. The molecule has 0 saturated carbocycles. The molecule has 4 heterocycles. The molecule has 0 spiro atoms. The zero-order chi connectivity index (χ0) is 33.3. The molecule has 21 heteroatoms. The van der Waals surface area contributed by atoms with Crippen molar-refractivity contribution in [3.05, 3.63) is 0 Å². The Morgan fingerprint density at radius 3 is 1.33 bits per heavy atom. The first-order valence-corrected chi connectivity index (χ1v) is 14.1. The summed E-state index contributed by atoms with van der Waals surface area (Å²) in [6.45, 7) is -2.98. The Balaban J connectivity index is 1.43. The minimum absolute atomic E-state index is 0.650. The lowest BCUT2D eigenvalue weighted by atomic mass is 9.97. The molecule has 0 unspecified atom stereocenters. The predicted octanol–water partition coefficient (Wildman–Crippen LogP) is -9.75. The van der Waals surface area contributed by atoms with Crippen LogP contribution in [-0.4, -0.2) is 221 Å². The Hall–Kier alpha value is -0.840. The van der Waals surface area contributed by atoms with Gasteiger partial charge in [-0.2, -0.15) is 0 Å². The van der Waals surface area contributed by atoms with Crippen LogP contribution < -0.4 is 0 Å². The molecule has 4 aliphatic heterocycles. The highest BCUT2D eigenvalue weighted by atomic mass is 16.8. The van der Waals surface area contributed by atoms with Crippen molar-refractivity contribution in [3.63, 3.8) is 0 Å². The predicted molar refractivity (Wildman–Crippen MR) is 134 cm³/mol. The van der Waals surface area contributed by atoms with Gasteiger partial charge in [-0.25, -0.2) is 0 Å². The van der Waals surface area contributed by atoms with Crippen molar-refractivity contribution in [2.45, 2.75) is 123 Å². The van der Waals surface area contributed by atoms with Gasteiger partial charge >= 0.3 is 0 Å². The number of hydrogen-bond acceptors (Lipinski definition) is 21. The fraction of sp³-hybridized carbons (Fsp3) is 1.00. The van der Waals surface area contributed by atoms with Gasteiger partial charge in [0.2, 0.25) is 0 Å². The number of rotatable bonds is 10. The molecule has 0 amide bonds. The van der Waals surface area contributed by atoms with Gasteiger partial charge in [-0.3, -0.25) is 0 Å². The molecule has 21 nitrogen and oxygen atoms in total. The number of hydrogen-bond donors (Lipinski definition) is 14. The third-order valence-electron chi connectivity index (χ3n) is 8.17. The summed E-state index contributed by atoms with van der Waals surface area (Å²) in [7, 11) is 0. The molecule has 0 aromatic carbocycles. The third-order valence-corrected chi connectivity index (χ3v) is 8.17. The van der Waals surface area contributed by atoms with E-state index in [9.17, 15) is 71.5 Å². The lowest BCUT2D eigenvalue weighted by Crippen LogP contribution is -2.65. The maximum Gasteiger partial charge on any atom is 0.187 e. The van der Waals surface area contributed by atoms with E-state index in [0.717, 1.165) is 0 Å². The van der Waals surface area contributed by atoms with Crippen LogP contribution in [0.25, 0.3) is 0 Å². The highest BCUT2D eigenvalue weighted by molar-refractivity contribution is 4.95. The maximum atomic E-state index is 10.7. The Morgan fingerprint density at radius 1 is 0.378 bits per heavy atom. The van der Waals surface area contributed by atoms with Crippen LogP contribution in [0.5, 0.6) is 0 Å². The Kier molecular flexibility index (Phi) is 12.8. The van der Waals surface area contributed by atoms with Crippen LogP contribution in [0.1, 0.15) is 0 Å². The molecular weight excluding hydrogens is 624 g/mol. The summed E-state index contributed by atoms with van der Waals surface area (Å²) in [5, 5.41) is 141. The second kappa shape index (κ2) is 15.6. The van der Waals surface area contributed by atoms with Gasteiger partial charge in [0, 0.05) is 0 Å². The second-order valence-corrected chi connectivity index (χ2v) is 11.2. The average Bonchev–Trinajstić information content (AvgIpc) is 3.03. The van der Waals surface area contributed by atoms with Crippen molar-refractivity contribution in [2.75, 3.05) is 26.4 Å². The van der Waals surface area contributed by atoms with E-state index in [1.807, 2.05) is 0 Å². The monoisotopic (exact) mass is 666 g/mol. The first-order valence-electron chi connectivity index (χ1n) is 14.1. The van der Waals surface area contributed by atoms with Crippen LogP contribution in [0.3, 0.4) is 0 Å². The minimum atomic E-state index is -1.92. The van der Waals surface area contributed by atoms with E-state index in [1.165, 1.54) is 0 Å². The average molecular weight is 667 g/mol. The highest BCUT2D eigenvalue weighted by Crippen LogP contribution is 2.31. The largest absolute Gasteiger partial charge is 0.394 e. The summed E-state index contributed by atoms with van der Waals surface area (Å²) in [4.78, 5) is 0. The molecule has 20 atom stereocenters. The van der Waals surface area contributed by atoms with Crippen LogP contribution >= 0.6 is 0 Å². The highest BCUT2D eigenvalue weighted by Gasteiger charge is 2.52. The molecule has 0 aliphatic carbocycles. The third kappa shape index (κ3) is 7.75. The molecule has 4 rings (SSSR count). The van der Waals surface area contributed by atoms with E-state index in [4.69, 9.17) is 33.2 Å². The van der Waals surface area contributed by atoms with Crippen LogP contribution in [0.2, 0.25) is 0 Å². The molecule has 14 N–H and O–H groups in total. The summed E-state index contributed by atoms with van der Waals surface area (Å²) in [5.41, 5.74) is 0.